The molecule has 34 nitrogen and oxygen atoms in total. The van der Waals surface area contributed by atoms with E-state index in [0.29, 0.717) is 115 Å². The highest BCUT2D eigenvalue weighted by atomic mass is 32.1. The Bertz CT molecular complexity index is 7120. The van der Waals surface area contributed by atoms with E-state index in [4.69, 9.17) is 38.4 Å². The Morgan fingerprint density at radius 1 is 0.409 bits per heavy atom. The predicted molar refractivity (Wildman–Crippen MR) is 534 cm³/mol. The number of piperazine rings is 2. The maximum absolute atomic E-state index is 14.0. The van der Waals surface area contributed by atoms with Gasteiger partial charge in [0.15, 0.2) is 40.3 Å². The molecule has 11 aromatic heterocycles. The van der Waals surface area contributed by atoms with Crippen LogP contribution in [0.3, 0.4) is 0 Å². The van der Waals surface area contributed by atoms with Gasteiger partial charge in [0, 0.05) is 198 Å². The number of rotatable bonds is 19. The van der Waals surface area contributed by atoms with E-state index in [-0.39, 0.29) is 39.0 Å². The van der Waals surface area contributed by atoms with E-state index in [1.807, 2.05) is 140 Å². The van der Waals surface area contributed by atoms with Gasteiger partial charge in [0.05, 0.1) is 88.2 Å². The maximum Gasteiger partial charge on any atom is 0.258 e. The molecule has 1 atom stereocenters. The summed E-state index contributed by atoms with van der Waals surface area (Å²) >= 11 is 1.51. The topological polar surface area (TPSA) is 364 Å². The smallest absolute Gasteiger partial charge is 0.258 e. The molecule has 4 aromatic carbocycles. The third kappa shape index (κ3) is 23.0. The lowest BCUT2D eigenvalue weighted by Gasteiger charge is -2.29. The highest BCUT2D eigenvalue weighted by Crippen LogP contribution is 2.36. The molecular weight excluding hydrogens is 1770 g/mol. The van der Waals surface area contributed by atoms with Crippen molar-refractivity contribution >= 4 is 68.0 Å². The summed E-state index contributed by atoms with van der Waals surface area (Å²) in [5.74, 6) is 3.23. The molecular formula is C101H117FN21O13S+. The molecule has 5 aliphatic rings. The molecule has 0 unspecified atom stereocenters. The number of fused-ring (bicyclic) bond motifs is 5. The highest BCUT2D eigenvalue weighted by Gasteiger charge is 2.27. The van der Waals surface area contributed by atoms with Crippen molar-refractivity contribution in [2.24, 2.45) is 0 Å². The number of nitrogens with two attached hydrogens (primary N) is 1. The van der Waals surface area contributed by atoms with Crippen molar-refractivity contribution in [2.45, 2.75) is 64.5 Å². The van der Waals surface area contributed by atoms with Gasteiger partial charge in [-0.2, -0.15) is 5.48 Å². The summed E-state index contributed by atoms with van der Waals surface area (Å²) in [6.07, 6.45) is 13.8. The van der Waals surface area contributed by atoms with Crippen LogP contribution in [0.5, 0.6) is 34.5 Å². The number of nitrogens with zero attached hydrogens (tertiary/aromatic N) is 17. The predicted octanol–water partition coefficient (Wildman–Crippen LogP) is 9.87. The van der Waals surface area contributed by atoms with E-state index in [9.17, 15) is 33.6 Å². The lowest BCUT2D eigenvalue weighted by Crippen LogP contribution is -2.73. The van der Waals surface area contributed by atoms with E-state index in [2.05, 4.69) is 99.3 Å². The minimum Gasteiger partial charge on any atom is -0.494 e. The van der Waals surface area contributed by atoms with Gasteiger partial charge in [-0.1, -0.05) is 19.9 Å². The summed E-state index contributed by atoms with van der Waals surface area (Å²) in [5, 5.41) is 22.4. The Hall–Kier alpha value is -14.1. The van der Waals surface area contributed by atoms with Crippen LogP contribution in [0.1, 0.15) is 56.7 Å². The van der Waals surface area contributed by atoms with Gasteiger partial charge < -0.3 is 79.2 Å². The number of anilines is 4. The fraction of sp³-hybridized carbons (Fsp3) is 0.337. The molecule has 0 amide bonds. The third-order valence-electron chi connectivity index (χ3n) is 24.9. The average molecular weight is 1880 g/mol. The van der Waals surface area contributed by atoms with Crippen molar-refractivity contribution in [1.29, 1.82) is 0 Å². The van der Waals surface area contributed by atoms with Gasteiger partial charge in [0.1, 0.15) is 38.9 Å². The SMILES string of the molecule is COc1ccc(-c2cc(=O)n3cc(C4CCN(C)CC4)ccc3n2)cc1OC.COc1ccc(-c2cc(=O)n3cc(N4CCCN(C)CC4)ccc3n2)cc1F.COc1ccc(-c2cc(=O)n3cc(N4CCNCC4)ccc3n2)cc1[NH2+]O.COc1ccc(-c2cc(=O)n3cc(N4CC[C@H](NC(C)C)C4)ccc3n2)cc1OC.Cc1csc(-c2cc(=O)n3cc(N4CCNCC4)ccc3n2)n1.O. The molecule has 0 radical (unpaired) electrons. The van der Waals surface area contributed by atoms with Crippen LogP contribution in [0.2, 0.25) is 0 Å². The van der Waals surface area contributed by atoms with Gasteiger partial charge in [0.2, 0.25) is 5.69 Å². The molecule has 16 heterocycles. The number of aromatic nitrogens is 11. The number of halogens is 1. The molecule has 0 bridgehead atoms. The number of likely N-dealkylation sites (tertiary alicyclic amines) is 1. The number of methoxy groups -OCH3 is 6. The Morgan fingerprint density at radius 3 is 1.22 bits per heavy atom. The second-order valence-electron chi connectivity index (χ2n) is 34.4. The normalized spacial score (nSPS) is 15.4. The zero-order valence-electron chi connectivity index (χ0n) is 78.8. The first-order valence-corrected chi connectivity index (χ1v) is 46.5. The summed E-state index contributed by atoms with van der Waals surface area (Å²) in [6, 6.07) is 49.2. The Morgan fingerprint density at radius 2 is 0.796 bits per heavy atom. The number of pyridine rings is 5. The average Bonchev–Trinajstić information content (AvgIpc) is 1.44. The molecule has 5 saturated heterocycles. The number of thiazole rings is 1. The minimum atomic E-state index is -0.483. The number of nitrogens with one attached hydrogen (secondary N) is 3. The summed E-state index contributed by atoms with van der Waals surface area (Å²) in [5.41, 5.74) is 16.0. The van der Waals surface area contributed by atoms with Gasteiger partial charge >= 0.3 is 0 Å². The van der Waals surface area contributed by atoms with Crippen molar-refractivity contribution < 1.29 is 49.0 Å². The van der Waals surface area contributed by atoms with Gasteiger partial charge in [-0.15, -0.1) is 11.3 Å². The molecule has 0 aliphatic carbocycles. The molecule has 5 fully saturated rings. The summed E-state index contributed by atoms with van der Waals surface area (Å²) in [6.45, 7) is 21.9. The van der Waals surface area contributed by atoms with Crippen LogP contribution < -0.4 is 97.2 Å². The molecule has 5 aliphatic heterocycles. The molecule has 0 spiro atoms. The van der Waals surface area contributed by atoms with Crippen molar-refractivity contribution in [3.8, 4) is 90.2 Å². The van der Waals surface area contributed by atoms with E-state index >= 15 is 0 Å². The highest BCUT2D eigenvalue weighted by molar-refractivity contribution is 7.13. The lowest BCUT2D eigenvalue weighted by molar-refractivity contribution is -0.825. The molecule has 20 rings (SSSR count). The lowest BCUT2D eigenvalue weighted by atomic mass is 9.91. The number of benzene rings is 4. The molecule has 0 saturated carbocycles. The van der Waals surface area contributed by atoms with E-state index in [1.54, 1.807) is 94.0 Å². The standard InChI is InChI=1S/C23H28N4O3.C22H25N3O3.C21H23FN4O2.C19H21N5O3.C16H17N5OS.H2O/c1-15(2)24-17-9-10-26(13-17)18-6-8-22-25-19(12-23(28)27(22)14-18)16-5-7-20(29-3)21(11-16)30-4;1-24-10-8-15(9-11-24)17-5-7-21-23-18(13-22(26)25(21)14-17)16-4-6-19(27-2)20(12-16)28-3;1-24-8-3-9-25(11-10-24)16-5-7-20-23-18(13-21(27)26(20)14-16)15-4-6-19(28-2)17(22)12-15;1-27-17-4-2-13(10-16(17)22-26)15-11-19(25)24-12-14(3-5-18(24)21-15)23-8-6-20-7-9-23;1-11-10-23-16(18-11)13-8-15(22)21-9-12(2-3-14(21)19-13)20-6-4-17-5-7-20;/h5-8,11-12,14-15,17,24H,9-10,13H2,1-4H3;4-7,12-15H,8-11H2,1-3H3;4-7,12-14H,3,8-11H2,1-2H3;2-5,10-12,20,22,26H,6-9H2,1H3;2-3,8-10,17H,4-7H2,1H3;1H2/p+1/t17-;;;;;/m0...../s1. The largest absolute Gasteiger partial charge is 0.494 e. The Labute approximate surface area is 795 Å². The quantitative estimate of drug-likeness (QED) is 0.0371. The van der Waals surface area contributed by atoms with Gasteiger partial charge in [-0.3, -0.25) is 46.0 Å². The second kappa shape index (κ2) is 44.6. The Kier molecular flexibility index (Phi) is 31.7. The summed E-state index contributed by atoms with van der Waals surface area (Å²) in [7, 11) is 13.6. The Balaban J connectivity index is 0.000000130. The van der Waals surface area contributed by atoms with E-state index in [0.717, 1.165) is 186 Å². The fourth-order valence-corrected chi connectivity index (χ4v) is 18.3. The number of quaternary nitrogens is 1. The van der Waals surface area contributed by atoms with Gasteiger partial charge in [-0.25, -0.2) is 39.5 Å². The van der Waals surface area contributed by atoms with Crippen molar-refractivity contribution in [3.05, 3.63) is 269 Å². The third-order valence-corrected chi connectivity index (χ3v) is 25.9. The monoisotopic (exact) mass is 1880 g/mol. The minimum absolute atomic E-state index is 0. The van der Waals surface area contributed by atoms with Crippen LogP contribution in [0.25, 0.3) is 84.0 Å². The van der Waals surface area contributed by atoms with E-state index in [1.165, 1.54) is 48.3 Å². The van der Waals surface area contributed by atoms with E-state index < -0.39 is 5.82 Å². The molecule has 8 N–H and O–H groups in total. The second-order valence-corrected chi connectivity index (χ2v) is 35.2. The van der Waals surface area contributed by atoms with Crippen LogP contribution in [0.4, 0.5) is 32.8 Å². The molecule has 36 heteroatoms. The van der Waals surface area contributed by atoms with Crippen molar-refractivity contribution in [2.75, 3.05) is 181 Å². The summed E-state index contributed by atoms with van der Waals surface area (Å²) < 4.78 is 53.5. The number of hydrogen-bond donors (Lipinski definition) is 5. The number of aryl methyl sites for hydroxylation is 1. The number of ether oxygens (including phenoxy) is 6. The van der Waals surface area contributed by atoms with Crippen LogP contribution >= 0.6 is 11.3 Å². The first-order chi connectivity index (χ1) is 66.0. The molecule has 716 valence electrons. The van der Waals surface area contributed by atoms with Gasteiger partial charge in [0.25, 0.3) is 27.8 Å². The number of piperidine rings is 1. The first-order valence-electron chi connectivity index (χ1n) is 45.6. The fourth-order valence-electron chi connectivity index (χ4n) is 17.6. The van der Waals surface area contributed by atoms with Crippen LogP contribution in [-0.4, -0.2) is 246 Å². The van der Waals surface area contributed by atoms with Crippen LogP contribution in [0, 0.1) is 12.7 Å². The van der Waals surface area contributed by atoms with Crippen molar-refractivity contribution in [1.82, 2.24) is 77.7 Å². The molecule has 15 aromatic rings. The van der Waals surface area contributed by atoms with Crippen LogP contribution in [-0.2, 0) is 0 Å². The maximum atomic E-state index is 14.0. The number of hydrogen-bond acceptors (Lipinski definition) is 28. The number of likely N-dealkylation sites (N-methyl/N-ethyl adjacent to an activating group) is 1. The summed E-state index contributed by atoms with van der Waals surface area (Å²) in [4.78, 5) is 105. The molecule has 137 heavy (non-hydrogen) atoms. The van der Waals surface area contributed by atoms with Gasteiger partial charge in [-0.05, 0) is 199 Å². The first kappa shape index (κ1) is 97.5. The van der Waals surface area contributed by atoms with Crippen molar-refractivity contribution in [3.63, 3.8) is 0 Å². The zero-order chi connectivity index (χ0) is 95.2. The zero-order valence-corrected chi connectivity index (χ0v) is 79.6. The van der Waals surface area contributed by atoms with Crippen LogP contribution in [0.15, 0.2) is 224 Å².